The number of hydrogen-bond acceptors (Lipinski definition) is 3. The van der Waals surface area contributed by atoms with Crippen LogP contribution in [-0.2, 0) is 0 Å². The fraction of sp³-hybridized carbons (Fsp3) is 0.467. The van der Waals surface area contributed by atoms with Crippen molar-refractivity contribution in [1.82, 2.24) is 5.32 Å². The van der Waals surface area contributed by atoms with E-state index in [1.807, 2.05) is 6.07 Å². The molecule has 1 aliphatic heterocycles. The van der Waals surface area contributed by atoms with Gasteiger partial charge < -0.3 is 9.47 Å². The van der Waals surface area contributed by atoms with E-state index in [0.29, 0.717) is 19.4 Å². The summed E-state index contributed by atoms with van der Waals surface area (Å²) < 4.78 is 10.8. The maximum atomic E-state index is 5.42. The number of fused-ring (bicyclic) bond motifs is 1. The Bertz CT molecular complexity index is 474. The Hall–Kier alpha value is -1.66. The zero-order valence-electron chi connectivity index (χ0n) is 10.3. The van der Waals surface area contributed by atoms with Crippen LogP contribution in [0.3, 0.4) is 0 Å². The largest absolute Gasteiger partial charge is 0.454 e. The maximum absolute atomic E-state index is 5.42. The van der Waals surface area contributed by atoms with Gasteiger partial charge in [0, 0.05) is 6.04 Å². The number of ether oxygens (including phenoxy) is 2. The lowest BCUT2D eigenvalue weighted by Crippen LogP contribution is -2.22. The third-order valence-electron chi connectivity index (χ3n) is 3.52. The van der Waals surface area contributed by atoms with Crippen molar-refractivity contribution in [2.24, 2.45) is 5.92 Å². The summed E-state index contributed by atoms with van der Waals surface area (Å²) >= 11 is 0. The molecular weight excluding hydrogens is 226 g/mol. The van der Waals surface area contributed by atoms with E-state index in [9.17, 15) is 0 Å². The summed E-state index contributed by atoms with van der Waals surface area (Å²) in [7, 11) is 0. The van der Waals surface area contributed by atoms with Crippen LogP contribution in [0.5, 0.6) is 11.5 Å². The molecule has 1 saturated carbocycles. The maximum Gasteiger partial charge on any atom is 0.231 e. The standard InChI is InChI=1S/C15H17NO2/c1-2-7-16-13(8-11-3-4-11)12-5-6-14-15(9-12)18-10-17-14/h1,5-6,9,11,13,16H,3-4,7-8,10H2/t13-/m0/s1. The Morgan fingerprint density at radius 3 is 2.94 bits per heavy atom. The molecule has 0 saturated heterocycles. The van der Waals surface area contributed by atoms with Gasteiger partial charge in [-0.1, -0.05) is 24.8 Å². The second kappa shape index (κ2) is 4.91. The number of rotatable bonds is 5. The topological polar surface area (TPSA) is 30.5 Å². The molecule has 3 heteroatoms. The Balaban J connectivity index is 1.77. The van der Waals surface area contributed by atoms with E-state index in [2.05, 4.69) is 23.4 Å². The van der Waals surface area contributed by atoms with E-state index in [1.165, 1.54) is 18.4 Å². The third kappa shape index (κ3) is 2.44. The van der Waals surface area contributed by atoms with Crippen molar-refractivity contribution < 1.29 is 9.47 Å². The molecule has 0 aromatic heterocycles. The van der Waals surface area contributed by atoms with Gasteiger partial charge in [-0.2, -0.15) is 0 Å². The smallest absolute Gasteiger partial charge is 0.231 e. The molecule has 1 atom stereocenters. The molecule has 2 aliphatic rings. The fourth-order valence-electron chi connectivity index (χ4n) is 2.34. The molecule has 0 unspecified atom stereocenters. The predicted octanol–water partition coefficient (Wildman–Crippen LogP) is 2.48. The molecule has 0 bridgehead atoms. The fourth-order valence-corrected chi connectivity index (χ4v) is 2.34. The van der Waals surface area contributed by atoms with Gasteiger partial charge in [-0.3, -0.25) is 5.32 Å². The molecule has 18 heavy (non-hydrogen) atoms. The summed E-state index contributed by atoms with van der Waals surface area (Å²) in [6, 6.07) is 6.47. The molecule has 1 N–H and O–H groups in total. The minimum absolute atomic E-state index is 0.322. The van der Waals surface area contributed by atoms with Gasteiger partial charge in [0.1, 0.15) is 0 Å². The molecular formula is C15H17NO2. The van der Waals surface area contributed by atoms with Gasteiger partial charge in [-0.15, -0.1) is 6.42 Å². The molecule has 1 aromatic carbocycles. The second-order valence-electron chi connectivity index (χ2n) is 4.93. The predicted molar refractivity (Wildman–Crippen MR) is 69.5 cm³/mol. The van der Waals surface area contributed by atoms with Gasteiger partial charge in [0.15, 0.2) is 11.5 Å². The van der Waals surface area contributed by atoms with Crippen molar-refractivity contribution in [2.75, 3.05) is 13.3 Å². The van der Waals surface area contributed by atoms with Crippen LogP contribution in [-0.4, -0.2) is 13.3 Å². The Kier molecular flexibility index (Phi) is 3.12. The zero-order valence-corrected chi connectivity index (χ0v) is 10.3. The first-order valence-electron chi connectivity index (χ1n) is 6.43. The monoisotopic (exact) mass is 243 g/mol. The average Bonchev–Trinajstić information content (AvgIpc) is 3.08. The van der Waals surface area contributed by atoms with Crippen molar-refractivity contribution in [3.05, 3.63) is 23.8 Å². The first kappa shape index (κ1) is 11.4. The van der Waals surface area contributed by atoms with Crippen molar-refractivity contribution >= 4 is 0 Å². The molecule has 1 aromatic rings. The quantitative estimate of drug-likeness (QED) is 0.806. The van der Waals surface area contributed by atoms with Gasteiger partial charge in [-0.25, -0.2) is 0 Å². The summed E-state index contributed by atoms with van der Waals surface area (Å²) in [5.41, 5.74) is 1.24. The van der Waals surface area contributed by atoms with E-state index in [1.54, 1.807) is 0 Å². The normalized spacial score (nSPS) is 18.4. The third-order valence-corrected chi connectivity index (χ3v) is 3.52. The zero-order chi connectivity index (χ0) is 12.4. The van der Waals surface area contributed by atoms with Crippen molar-refractivity contribution in [3.63, 3.8) is 0 Å². The summed E-state index contributed by atoms with van der Waals surface area (Å²) in [5.74, 6) is 5.18. The molecule has 0 amide bonds. The Morgan fingerprint density at radius 2 is 2.17 bits per heavy atom. The summed E-state index contributed by atoms with van der Waals surface area (Å²) in [5, 5.41) is 3.42. The highest BCUT2D eigenvalue weighted by atomic mass is 16.7. The molecule has 3 rings (SSSR count). The highest BCUT2D eigenvalue weighted by Gasteiger charge is 2.27. The first-order chi connectivity index (χ1) is 8.86. The highest BCUT2D eigenvalue weighted by molar-refractivity contribution is 5.45. The van der Waals surface area contributed by atoms with E-state index in [-0.39, 0.29) is 0 Å². The Labute approximate surface area is 107 Å². The summed E-state index contributed by atoms with van der Waals surface area (Å²) in [6.45, 7) is 0.926. The van der Waals surface area contributed by atoms with Crippen LogP contribution in [0.1, 0.15) is 30.9 Å². The number of nitrogens with one attached hydrogen (secondary N) is 1. The van der Waals surface area contributed by atoms with Gasteiger partial charge in [0.2, 0.25) is 6.79 Å². The van der Waals surface area contributed by atoms with Crippen LogP contribution in [0.2, 0.25) is 0 Å². The molecule has 1 aliphatic carbocycles. The van der Waals surface area contributed by atoms with Crippen LogP contribution in [0.4, 0.5) is 0 Å². The van der Waals surface area contributed by atoms with Crippen molar-refractivity contribution in [3.8, 4) is 23.8 Å². The van der Waals surface area contributed by atoms with Crippen molar-refractivity contribution in [1.29, 1.82) is 0 Å². The number of hydrogen-bond donors (Lipinski definition) is 1. The lowest BCUT2D eigenvalue weighted by molar-refractivity contribution is 0.174. The molecule has 1 fully saturated rings. The summed E-state index contributed by atoms with van der Waals surface area (Å²) in [6.07, 6.45) is 9.18. The van der Waals surface area contributed by atoms with Gasteiger partial charge in [0.25, 0.3) is 0 Å². The minimum Gasteiger partial charge on any atom is -0.454 e. The second-order valence-corrected chi connectivity index (χ2v) is 4.93. The van der Waals surface area contributed by atoms with E-state index >= 15 is 0 Å². The highest BCUT2D eigenvalue weighted by Crippen LogP contribution is 2.40. The lowest BCUT2D eigenvalue weighted by atomic mass is 10.0. The van der Waals surface area contributed by atoms with Crippen LogP contribution < -0.4 is 14.8 Å². The van der Waals surface area contributed by atoms with Crippen LogP contribution in [0.15, 0.2) is 18.2 Å². The lowest BCUT2D eigenvalue weighted by Gasteiger charge is -2.18. The Morgan fingerprint density at radius 1 is 1.33 bits per heavy atom. The van der Waals surface area contributed by atoms with E-state index < -0.39 is 0 Å². The first-order valence-corrected chi connectivity index (χ1v) is 6.43. The molecule has 0 spiro atoms. The van der Waals surface area contributed by atoms with Crippen LogP contribution in [0, 0.1) is 18.3 Å². The SMILES string of the molecule is C#CCN[C@@H](CC1CC1)c1ccc2c(c1)OCO2. The van der Waals surface area contributed by atoms with Crippen LogP contribution in [0.25, 0.3) is 0 Å². The number of benzene rings is 1. The molecule has 94 valence electrons. The van der Waals surface area contributed by atoms with Gasteiger partial charge >= 0.3 is 0 Å². The molecule has 0 radical (unpaired) electrons. The molecule has 3 nitrogen and oxygen atoms in total. The van der Waals surface area contributed by atoms with Crippen molar-refractivity contribution in [2.45, 2.75) is 25.3 Å². The van der Waals surface area contributed by atoms with E-state index in [0.717, 1.165) is 23.8 Å². The van der Waals surface area contributed by atoms with Gasteiger partial charge in [0.05, 0.1) is 6.54 Å². The van der Waals surface area contributed by atoms with Gasteiger partial charge in [-0.05, 0) is 30.0 Å². The average molecular weight is 243 g/mol. The van der Waals surface area contributed by atoms with Crippen LogP contribution >= 0.6 is 0 Å². The minimum atomic E-state index is 0.322. The number of terminal acetylenes is 1. The van der Waals surface area contributed by atoms with E-state index in [4.69, 9.17) is 15.9 Å². The molecule has 1 heterocycles. The summed E-state index contributed by atoms with van der Waals surface area (Å²) in [4.78, 5) is 0.